The number of hydrogen-bond donors (Lipinski definition) is 1. The molecule has 0 radical (unpaired) electrons. The molecule has 0 aromatic heterocycles. The molecule has 0 bridgehead atoms. The van der Waals surface area contributed by atoms with Gasteiger partial charge in [-0.3, -0.25) is 0 Å². The standard InChI is InChI=1S/C40H67N/c1-9-12-14-20-35(11-3)41-32(6)23-25-34(26-24-33-18-15-13-16-19-33)31(5)22-28-36-37-27-21-30(4)29-39(37)40(7,8)38(36)17-10-2/h11,13,15,18,23,25,30-31,34,36-39,41H,6,9-10,12,14,16-17,19-22,24,26-29H2,1-5,7-8H3/b25-23-,35-11+/t30-,31?,34+,36?,37?,38?,39?/m1/s1. The van der Waals surface area contributed by atoms with Gasteiger partial charge in [0.2, 0.25) is 0 Å². The van der Waals surface area contributed by atoms with E-state index < -0.39 is 0 Å². The summed E-state index contributed by atoms with van der Waals surface area (Å²) in [7, 11) is 0. The molecule has 0 spiro atoms. The van der Waals surface area contributed by atoms with E-state index in [0.717, 1.165) is 41.7 Å². The first-order valence-corrected chi connectivity index (χ1v) is 17.8. The third kappa shape index (κ3) is 9.76. The van der Waals surface area contributed by atoms with E-state index in [4.69, 9.17) is 0 Å². The van der Waals surface area contributed by atoms with Crippen LogP contribution in [0, 0.1) is 46.8 Å². The van der Waals surface area contributed by atoms with Crippen LogP contribution in [0.3, 0.4) is 0 Å². The zero-order valence-corrected chi connectivity index (χ0v) is 28.3. The number of hydrogen-bond acceptors (Lipinski definition) is 1. The van der Waals surface area contributed by atoms with Gasteiger partial charge in [-0.15, -0.1) is 0 Å². The molecule has 0 heterocycles. The Morgan fingerprint density at radius 3 is 2.61 bits per heavy atom. The van der Waals surface area contributed by atoms with Crippen molar-refractivity contribution in [2.24, 2.45) is 46.8 Å². The molecular weight excluding hydrogens is 494 g/mol. The molecule has 0 saturated heterocycles. The molecule has 0 aliphatic heterocycles. The van der Waals surface area contributed by atoms with Crippen LogP contribution in [0.25, 0.3) is 0 Å². The molecule has 2 saturated carbocycles. The topological polar surface area (TPSA) is 12.0 Å². The molecular formula is C40H67N. The quantitative estimate of drug-likeness (QED) is 0.137. The van der Waals surface area contributed by atoms with Gasteiger partial charge in [-0.05, 0) is 130 Å². The van der Waals surface area contributed by atoms with E-state index in [0.29, 0.717) is 17.3 Å². The summed E-state index contributed by atoms with van der Waals surface area (Å²) in [4.78, 5) is 0. The van der Waals surface area contributed by atoms with Crippen molar-refractivity contribution in [2.75, 3.05) is 0 Å². The Balaban J connectivity index is 1.68. The van der Waals surface area contributed by atoms with Gasteiger partial charge in [-0.1, -0.05) is 110 Å². The van der Waals surface area contributed by atoms with Crippen LogP contribution < -0.4 is 5.32 Å². The number of allylic oxidation sites excluding steroid dienone is 8. The van der Waals surface area contributed by atoms with Crippen molar-refractivity contribution in [3.63, 3.8) is 0 Å². The van der Waals surface area contributed by atoms with Crippen molar-refractivity contribution in [2.45, 2.75) is 145 Å². The van der Waals surface area contributed by atoms with Gasteiger partial charge in [0.1, 0.15) is 0 Å². The van der Waals surface area contributed by atoms with Crippen LogP contribution in [0.4, 0.5) is 0 Å². The summed E-state index contributed by atoms with van der Waals surface area (Å²) in [6.45, 7) is 21.6. The van der Waals surface area contributed by atoms with Crippen LogP contribution in [0.15, 0.2) is 60.0 Å². The molecule has 5 unspecified atom stereocenters. The van der Waals surface area contributed by atoms with E-state index in [2.05, 4.69) is 96.8 Å². The van der Waals surface area contributed by atoms with Gasteiger partial charge in [0.15, 0.2) is 0 Å². The smallest absolute Gasteiger partial charge is 0.0305 e. The molecule has 3 aliphatic carbocycles. The predicted molar refractivity (Wildman–Crippen MR) is 183 cm³/mol. The van der Waals surface area contributed by atoms with Crippen molar-refractivity contribution in [1.82, 2.24) is 5.32 Å². The molecule has 3 aliphatic rings. The Morgan fingerprint density at radius 1 is 1.12 bits per heavy atom. The summed E-state index contributed by atoms with van der Waals surface area (Å²) < 4.78 is 0. The summed E-state index contributed by atoms with van der Waals surface area (Å²) in [5.74, 6) is 5.98. The predicted octanol–water partition coefficient (Wildman–Crippen LogP) is 12.3. The van der Waals surface area contributed by atoms with Gasteiger partial charge in [0, 0.05) is 11.4 Å². The highest BCUT2D eigenvalue weighted by Crippen LogP contribution is 2.62. The average molecular weight is 562 g/mol. The fraction of sp³-hybridized carbons (Fsp3) is 0.750. The first kappa shape index (κ1) is 34.0. The minimum Gasteiger partial charge on any atom is -0.360 e. The molecule has 0 amide bonds. The van der Waals surface area contributed by atoms with Gasteiger partial charge in [-0.25, -0.2) is 0 Å². The fourth-order valence-electron chi connectivity index (χ4n) is 8.99. The molecule has 1 heteroatoms. The van der Waals surface area contributed by atoms with Gasteiger partial charge in [-0.2, -0.15) is 0 Å². The van der Waals surface area contributed by atoms with Crippen molar-refractivity contribution in [1.29, 1.82) is 0 Å². The SMILES string of the molecule is C=C(/C=C\[C@@H](CCC1=CC=CCC1)C(C)CCC1C2CC[C@@H](C)CC2C(C)(C)C1CCC)N/C(=C/C)CCCCC. The maximum atomic E-state index is 4.40. The van der Waals surface area contributed by atoms with Crippen molar-refractivity contribution >= 4 is 0 Å². The number of nitrogens with one attached hydrogen (secondary N) is 1. The second-order valence-corrected chi connectivity index (χ2v) is 14.9. The molecule has 0 aromatic rings. The number of unbranched alkanes of at least 4 members (excludes halogenated alkanes) is 2. The molecule has 41 heavy (non-hydrogen) atoms. The van der Waals surface area contributed by atoms with Crippen LogP contribution >= 0.6 is 0 Å². The lowest BCUT2D eigenvalue weighted by molar-refractivity contribution is 0.107. The van der Waals surface area contributed by atoms with E-state index in [9.17, 15) is 0 Å². The van der Waals surface area contributed by atoms with Crippen LogP contribution in [0.5, 0.6) is 0 Å². The molecule has 7 atom stereocenters. The largest absolute Gasteiger partial charge is 0.360 e. The van der Waals surface area contributed by atoms with E-state index in [1.807, 2.05) is 0 Å². The monoisotopic (exact) mass is 562 g/mol. The summed E-state index contributed by atoms with van der Waals surface area (Å²) in [5.41, 5.74) is 4.52. The normalized spacial score (nSPS) is 29.3. The summed E-state index contributed by atoms with van der Waals surface area (Å²) >= 11 is 0. The van der Waals surface area contributed by atoms with Crippen molar-refractivity contribution in [3.05, 3.63) is 60.0 Å². The maximum absolute atomic E-state index is 4.40. The molecule has 232 valence electrons. The second kappa shape index (κ2) is 17.0. The Morgan fingerprint density at radius 2 is 1.93 bits per heavy atom. The summed E-state index contributed by atoms with van der Waals surface area (Å²) in [5, 5.41) is 3.62. The summed E-state index contributed by atoms with van der Waals surface area (Å²) in [6.07, 6.45) is 33.9. The highest BCUT2D eigenvalue weighted by Gasteiger charge is 2.55. The Hall–Kier alpha value is -1.50. The minimum absolute atomic E-state index is 0.509. The molecule has 3 rings (SSSR count). The second-order valence-electron chi connectivity index (χ2n) is 14.9. The average Bonchev–Trinajstić information content (AvgIpc) is 3.17. The minimum atomic E-state index is 0.509. The first-order valence-electron chi connectivity index (χ1n) is 17.8. The van der Waals surface area contributed by atoms with Crippen LogP contribution in [-0.4, -0.2) is 0 Å². The summed E-state index contributed by atoms with van der Waals surface area (Å²) in [6, 6.07) is 0. The zero-order chi connectivity index (χ0) is 29.8. The number of fused-ring (bicyclic) bond motifs is 1. The molecule has 0 aromatic carbocycles. The van der Waals surface area contributed by atoms with Gasteiger partial charge >= 0.3 is 0 Å². The lowest BCUT2D eigenvalue weighted by Gasteiger charge is -2.39. The van der Waals surface area contributed by atoms with Gasteiger partial charge in [0.25, 0.3) is 0 Å². The Bertz CT molecular complexity index is 913. The molecule has 1 N–H and O–H groups in total. The van der Waals surface area contributed by atoms with Gasteiger partial charge in [0.05, 0.1) is 0 Å². The first-order chi connectivity index (χ1) is 19.7. The lowest BCUT2D eigenvalue weighted by atomic mass is 9.66. The Kier molecular flexibility index (Phi) is 14.1. The van der Waals surface area contributed by atoms with Crippen LogP contribution in [-0.2, 0) is 0 Å². The van der Waals surface area contributed by atoms with Crippen molar-refractivity contribution < 1.29 is 0 Å². The highest BCUT2D eigenvalue weighted by molar-refractivity contribution is 5.21. The van der Waals surface area contributed by atoms with E-state index in [1.54, 1.807) is 5.57 Å². The van der Waals surface area contributed by atoms with E-state index in [-0.39, 0.29) is 0 Å². The molecule has 2 fully saturated rings. The number of rotatable bonds is 17. The van der Waals surface area contributed by atoms with E-state index >= 15 is 0 Å². The van der Waals surface area contributed by atoms with Crippen LogP contribution in [0.2, 0.25) is 0 Å². The molecule has 1 nitrogen and oxygen atoms in total. The maximum Gasteiger partial charge on any atom is 0.0305 e. The van der Waals surface area contributed by atoms with Gasteiger partial charge < -0.3 is 5.32 Å². The fourth-order valence-corrected chi connectivity index (χ4v) is 8.99. The highest BCUT2D eigenvalue weighted by atomic mass is 14.9. The zero-order valence-electron chi connectivity index (χ0n) is 28.3. The van der Waals surface area contributed by atoms with E-state index in [1.165, 1.54) is 95.6 Å². The van der Waals surface area contributed by atoms with Crippen LogP contribution in [0.1, 0.15) is 145 Å². The third-order valence-corrected chi connectivity index (χ3v) is 11.6. The Labute approximate surface area is 256 Å². The van der Waals surface area contributed by atoms with Crippen molar-refractivity contribution in [3.8, 4) is 0 Å². The lowest BCUT2D eigenvalue weighted by Crippen LogP contribution is -2.30. The third-order valence-electron chi connectivity index (χ3n) is 11.6.